The molecule has 0 bridgehead atoms. The maximum atomic E-state index is 13.4. The molecule has 0 radical (unpaired) electrons. The van der Waals surface area contributed by atoms with Gasteiger partial charge in [0.1, 0.15) is 12.2 Å². The number of nitrogens with zero attached hydrogens (tertiary/aromatic N) is 3. The maximum Gasteiger partial charge on any atom is 0.281 e. The van der Waals surface area contributed by atoms with Gasteiger partial charge >= 0.3 is 0 Å². The number of carbonyl (C=O) groups is 2. The number of fused-ring (bicyclic) bond motifs is 1. The van der Waals surface area contributed by atoms with E-state index in [4.69, 9.17) is 12.2 Å². The minimum absolute atomic E-state index is 0.00797. The van der Waals surface area contributed by atoms with Crippen molar-refractivity contribution in [1.82, 2.24) is 14.8 Å². The molecule has 1 aromatic heterocycles. The molecule has 2 amide bonds. The smallest absolute Gasteiger partial charge is 0.281 e. The van der Waals surface area contributed by atoms with E-state index in [2.05, 4.69) is 5.32 Å². The van der Waals surface area contributed by atoms with Crippen molar-refractivity contribution in [3.63, 3.8) is 0 Å². The van der Waals surface area contributed by atoms with Crippen LogP contribution in [0.25, 0.3) is 17.0 Å². The summed E-state index contributed by atoms with van der Waals surface area (Å²) in [6.07, 6.45) is 5.92. The molecular weight excluding hydrogens is 432 g/mol. The van der Waals surface area contributed by atoms with Crippen molar-refractivity contribution < 1.29 is 9.59 Å². The molecule has 3 aromatic rings. The third-order valence-corrected chi connectivity index (χ3v) is 6.83. The number of rotatable bonds is 5. The van der Waals surface area contributed by atoms with Gasteiger partial charge in [-0.15, -0.1) is 0 Å². The van der Waals surface area contributed by atoms with Crippen LogP contribution in [-0.4, -0.2) is 39.5 Å². The van der Waals surface area contributed by atoms with Crippen LogP contribution in [0.5, 0.6) is 0 Å². The zero-order valence-corrected chi connectivity index (χ0v) is 19.8. The number of para-hydroxylation sites is 1. The van der Waals surface area contributed by atoms with E-state index in [1.54, 1.807) is 9.80 Å². The first-order valence-electron chi connectivity index (χ1n) is 11.1. The molecular formula is C26H26N4O2S. The van der Waals surface area contributed by atoms with E-state index in [1.807, 2.05) is 80.2 Å². The number of thiocarbonyl (C=S) groups is 1. The van der Waals surface area contributed by atoms with Gasteiger partial charge in [0.2, 0.25) is 5.91 Å². The van der Waals surface area contributed by atoms with E-state index >= 15 is 0 Å². The number of amides is 2. The number of anilines is 1. The van der Waals surface area contributed by atoms with Gasteiger partial charge in [-0.3, -0.25) is 14.5 Å². The molecule has 7 heteroatoms. The van der Waals surface area contributed by atoms with Gasteiger partial charge in [-0.05, 0) is 74.3 Å². The number of aromatic nitrogens is 1. The Morgan fingerprint density at radius 3 is 2.64 bits per heavy atom. The third-order valence-electron chi connectivity index (χ3n) is 6.38. The van der Waals surface area contributed by atoms with Crippen molar-refractivity contribution in [3.8, 4) is 0 Å². The number of hydrogen-bond donors (Lipinski definition) is 1. The van der Waals surface area contributed by atoms with Crippen LogP contribution in [-0.2, 0) is 16.1 Å². The molecule has 0 atom stereocenters. The average Bonchev–Trinajstić information content (AvgIpc) is 3.50. The summed E-state index contributed by atoms with van der Waals surface area (Å²) in [4.78, 5) is 29.2. The molecule has 0 spiro atoms. The molecule has 1 saturated carbocycles. The largest absolute Gasteiger partial charge is 0.352 e. The molecule has 5 rings (SSSR count). The van der Waals surface area contributed by atoms with Crippen molar-refractivity contribution in [2.24, 2.45) is 0 Å². The van der Waals surface area contributed by atoms with Crippen LogP contribution < -0.4 is 10.2 Å². The van der Waals surface area contributed by atoms with Gasteiger partial charge in [0.15, 0.2) is 5.11 Å². The van der Waals surface area contributed by atoms with Crippen LogP contribution in [0.4, 0.5) is 5.69 Å². The molecule has 0 unspecified atom stereocenters. The van der Waals surface area contributed by atoms with Crippen LogP contribution in [0.2, 0.25) is 0 Å². The molecule has 1 saturated heterocycles. The lowest BCUT2D eigenvalue weighted by atomic mass is 10.1. The van der Waals surface area contributed by atoms with Gasteiger partial charge in [-0.1, -0.05) is 24.3 Å². The van der Waals surface area contributed by atoms with E-state index in [9.17, 15) is 9.59 Å². The molecule has 1 aliphatic carbocycles. The van der Waals surface area contributed by atoms with Gasteiger partial charge in [0, 0.05) is 35.8 Å². The Balaban J connectivity index is 1.51. The first kappa shape index (κ1) is 21.4. The quantitative estimate of drug-likeness (QED) is 0.461. The Kier molecular flexibility index (Phi) is 5.29. The summed E-state index contributed by atoms with van der Waals surface area (Å²) in [6, 6.07) is 14.2. The molecule has 2 aromatic carbocycles. The first-order chi connectivity index (χ1) is 15.8. The van der Waals surface area contributed by atoms with Crippen LogP contribution in [0, 0.1) is 13.8 Å². The summed E-state index contributed by atoms with van der Waals surface area (Å²) in [6.45, 7) is 4.32. The van der Waals surface area contributed by atoms with Crippen molar-refractivity contribution in [3.05, 3.63) is 71.0 Å². The Hall–Kier alpha value is -3.45. The second-order valence-corrected chi connectivity index (χ2v) is 9.22. The lowest BCUT2D eigenvalue weighted by molar-refractivity contribution is -0.121. The van der Waals surface area contributed by atoms with E-state index in [-0.39, 0.29) is 18.4 Å². The lowest BCUT2D eigenvalue weighted by Gasteiger charge is -2.17. The Morgan fingerprint density at radius 2 is 1.91 bits per heavy atom. The molecule has 6 nitrogen and oxygen atoms in total. The van der Waals surface area contributed by atoms with Gasteiger partial charge in [0.25, 0.3) is 5.91 Å². The number of likely N-dealkylation sites (N-methyl/N-ethyl adjacent to an activating group) is 1. The Labute approximate surface area is 198 Å². The fourth-order valence-corrected chi connectivity index (χ4v) is 4.46. The highest BCUT2D eigenvalue weighted by Gasteiger charge is 2.37. The summed E-state index contributed by atoms with van der Waals surface area (Å²) < 4.78 is 1.94. The van der Waals surface area contributed by atoms with Crippen molar-refractivity contribution in [2.75, 3.05) is 11.9 Å². The lowest BCUT2D eigenvalue weighted by Crippen LogP contribution is -2.31. The van der Waals surface area contributed by atoms with Crippen molar-refractivity contribution >= 4 is 51.8 Å². The normalized spacial score (nSPS) is 17.5. The first-order valence-corrected chi connectivity index (χ1v) is 11.5. The summed E-state index contributed by atoms with van der Waals surface area (Å²) >= 11 is 5.63. The molecule has 33 heavy (non-hydrogen) atoms. The summed E-state index contributed by atoms with van der Waals surface area (Å²) in [5.41, 5.74) is 5.38. The number of nitrogens with one attached hydrogen (secondary N) is 1. The van der Waals surface area contributed by atoms with Gasteiger partial charge in [0.05, 0.1) is 5.69 Å². The predicted molar refractivity (Wildman–Crippen MR) is 135 cm³/mol. The predicted octanol–water partition coefficient (Wildman–Crippen LogP) is 4.14. The standard InChI is InChI=1S/C26H26N4O2S/c1-16-8-11-20(12-17(16)2)30-25(32)23(28(3)26(30)33)13-18-14-29(15-24(31)27-19-9-10-19)22-7-5-4-6-21(18)22/h4-8,11-14,19H,9-10,15H2,1-3H3,(H,27,31)/b23-13-. The number of hydrogen-bond acceptors (Lipinski definition) is 3. The second-order valence-electron chi connectivity index (χ2n) is 8.85. The highest BCUT2D eigenvalue weighted by atomic mass is 32.1. The fraction of sp³-hybridized carbons (Fsp3) is 0.269. The van der Waals surface area contributed by atoms with E-state index < -0.39 is 0 Å². The molecule has 168 valence electrons. The topological polar surface area (TPSA) is 57.6 Å². The molecule has 2 fully saturated rings. The number of aryl methyl sites for hydroxylation is 2. The van der Waals surface area contributed by atoms with Crippen LogP contribution >= 0.6 is 12.2 Å². The Morgan fingerprint density at radius 1 is 1.15 bits per heavy atom. The zero-order chi connectivity index (χ0) is 23.3. The Bertz CT molecular complexity index is 1340. The minimum atomic E-state index is -0.158. The highest BCUT2D eigenvalue weighted by Crippen LogP contribution is 2.31. The van der Waals surface area contributed by atoms with Crippen molar-refractivity contribution in [1.29, 1.82) is 0 Å². The third kappa shape index (κ3) is 3.93. The fourth-order valence-electron chi connectivity index (χ4n) is 4.17. The highest BCUT2D eigenvalue weighted by molar-refractivity contribution is 7.80. The zero-order valence-electron chi connectivity index (χ0n) is 19.0. The second kappa shape index (κ2) is 8.15. The average molecular weight is 459 g/mol. The van der Waals surface area contributed by atoms with E-state index in [1.165, 1.54) is 5.56 Å². The molecule has 2 aliphatic rings. The monoisotopic (exact) mass is 458 g/mol. The van der Waals surface area contributed by atoms with E-state index in [0.717, 1.165) is 40.6 Å². The SMILES string of the molecule is Cc1ccc(N2C(=O)/C(=C/c3cn(CC(=O)NC4CC4)c4ccccc34)N(C)C2=S)cc1C. The van der Waals surface area contributed by atoms with Crippen LogP contribution in [0.3, 0.4) is 0 Å². The van der Waals surface area contributed by atoms with Gasteiger partial charge in [-0.25, -0.2) is 0 Å². The van der Waals surface area contributed by atoms with Crippen molar-refractivity contribution in [2.45, 2.75) is 39.3 Å². The summed E-state index contributed by atoms with van der Waals surface area (Å²) in [5, 5.41) is 4.47. The summed E-state index contributed by atoms with van der Waals surface area (Å²) in [7, 11) is 1.81. The van der Waals surface area contributed by atoms with E-state index in [0.29, 0.717) is 16.9 Å². The van der Waals surface area contributed by atoms with Gasteiger partial charge in [-0.2, -0.15) is 0 Å². The molecule has 1 N–H and O–H groups in total. The summed E-state index contributed by atoms with van der Waals surface area (Å²) in [5.74, 6) is -0.150. The number of carbonyl (C=O) groups excluding carboxylic acids is 2. The van der Waals surface area contributed by atoms with Crippen LogP contribution in [0.1, 0.15) is 29.5 Å². The maximum absolute atomic E-state index is 13.4. The van der Waals surface area contributed by atoms with Gasteiger partial charge < -0.3 is 14.8 Å². The minimum Gasteiger partial charge on any atom is -0.352 e. The van der Waals surface area contributed by atoms with Crippen LogP contribution in [0.15, 0.2) is 54.4 Å². The number of benzene rings is 2. The molecule has 2 heterocycles. The molecule has 1 aliphatic heterocycles.